The minimum atomic E-state index is -1.17. The largest absolute Gasteiger partial charge is 0.478 e. The van der Waals surface area contributed by atoms with E-state index >= 15 is 0 Å². The van der Waals surface area contributed by atoms with E-state index in [9.17, 15) is 14.7 Å². The van der Waals surface area contributed by atoms with Gasteiger partial charge in [-0.25, -0.2) is 9.59 Å². The average Bonchev–Trinajstić information content (AvgIpc) is 2.43. The van der Waals surface area contributed by atoms with E-state index in [4.69, 9.17) is 5.11 Å². The van der Waals surface area contributed by atoms with Crippen LogP contribution in [0.1, 0.15) is 12.5 Å². The van der Waals surface area contributed by atoms with E-state index in [1.165, 1.54) is 13.0 Å². The van der Waals surface area contributed by atoms with Crippen LogP contribution in [0.3, 0.4) is 0 Å². The van der Waals surface area contributed by atoms with Crippen LogP contribution >= 0.6 is 0 Å². The van der Waals surface area contributed by atoms with Crippen LogP contribution in [0, 0.1) is 0 Å². The number of carboxylic acids is 2. The molecule has 0 bridgehead atoms. The summed E-state index contributed by atoms with van der Waals surface area (Å²) in [6.07, 6.45) is 2.37. The van der Waals surface area contributed by atoms with Gasteiger partial charge in [0.15, 0.2) is 0 Å². The third-order valence-corrected chi connectivity index (χ3v) is 3.08. The Morgan fingerprint density at radius 1 is 1.00 bits per heavy atom. The van der Waals surface area contributed by atoms with Crippen molar-refractivity contribution in [1.82, 2.24) is 0 Å². The average molecular weight is 282 g/mol. The van der Waals surface area contributed by atoms with E-state index in [0.717, 1.165) is 16.8 Å². The van der Waals surface area contributed by atoms with Gasteiger partial charge >= 0.3 is 11.9 Å². The summed E-state index contributed by atoms with van der Waals surface area (Å²) < 4.78 is 0. The first-order valence-corrected chi connectivity index (χ1v) is 6.33. The number of carboxylic acid groups (broad SMARTS) is 2. The van der Waals surface area contributed by atoms with Crippen LogP contribution in [0.2, 0.25) is 0 Å². The van der Waals surface area contributed by atoms with Crippen molar-refractivity contribution in [3.8, 4) is 0 Å². The zero-order valence-corrected chi connectivity index (χ0v) is 11.4. The predicted molar refractivity (Wildman–Crippen MR) is 81.0 cm³/mol. The molecule has 0 heterocycles. The highest BCUT2D eigenvalue weighted by Gasteiger charge is 2.11. The topological polar surface area (TPSA) is 74.6 Å². The molecular formula is C17H14O4. The van der Waals surface area contributed by atoms with Gasteiger partial charge in [-0.1, -0.05) is 36.4 Å². The highest BCUT2D eigenvalue weighted by Crippen LogP contribution is 2.20. The van der Waals surface area contributed by atoms with Gasteiger partial charge in [0.1, 0.15) is 0 Å². The van der Waals surface area contributed by atoms with Crippen molar-refractivity contribution in [3.05, 3.63) is 65.3 Å². The molecule has 2 N–H and O–H groups in total. The first kappa shape index (κ1) is 14.5. The molecular weight excluding hydrogens is 268 g/mol. The highest BCUT2D eigenvalue weighted by molar-refractivity contribution is 5.99. The quantitative estimate of drug-likeness (QED) is 0.666. The Bertz CT molecular complexity index is 769. The molecule has 0 radical (unpaired) electrons. The number of rotatable bonds is 4. The maximum absolute atomic E-state index is 11.3. The molecule has 106 valence electrons. The van der Waals surface area contributed by atoms with Gasteiger partial charge in [-0.15, -0.1) is 0 Å². The Morgan fingerprint density at radius 3 is 2.29 bits per heavy atom. The predicted octanol–water partition coefficient (Wildman–Crippen LogP) is 3.34. The molecule has 0 aliphatic heterocycles. The van der Waals surface area contributed by atoms with Crippen LogP contribution in [0.25, 0.3) is 16.8 Å². The number of hydrogen-bond donors (Lipinski definition) is 2. The van der Waals surface area contributed by atoms with Gasteiger partial charge in [0, 0.05) is 6.08 Å². The first-order valence-electron chi connectivity index (χ1n) is 6.33. The van der Waals surface area contributed by atoms with Gasteiger partial charge in [0.05, 0.1) is 5.57 Å². The third kappa shape index (κ3) is 3.57. The van der Waals surface area contributed by atoms with Gasteiger partial charge in [0.2, 0.25) is 0 Å². The smallest absolute Gasteiger partial charge is 0.335 e. The minimum absolute atomic E-state index is 0.0346. The van der Waals surface area contributed by atoms with E-state index in [0.29, 0.717) is 5.56 Å². The lowest BCUT2D eigenvalue weighted by molar-refractivity contribution is -0.132. The van der Waals surface area contributed by atoms with Gasteiger partial charge in [-0.2, -0.15) is 0 Å². The first-order chi connectivity index (χ1) is 9.97. The maximum atomic E-state index is 11.3. The summed E-state index contributed by atoms with van der Waals surface area (Å²) >= 11 is 0. The second-order valence-corrected chi connectivity index (χ2v) is 4.64. The van der Waals surface area contributed by atoms with Crippen LogP contribution in [0.4, 0.5) is 0 Å². The molecule has 4 nitrogen and oxygen atoms in total. The molecule has 0 aromatic heterocycles. The number of carbonyl (C=O) groups is 2. The summed E-state index contributed by atoms with van der Waals surface area (Å²) in [6, 6.07) is 13.3. The normalized spacial score (nSPS) is 12.4. The SMILES string of the molecule is CC(=C\C(=O)O)/C(=C\c1ccc2ccccc2c1)C(=O)O. The highest BCUT2D eigenvalue weighted by atomic mass is 16.4. The van der Waals surface area contributed by atoms with Crippen LogP contribution < -0.4 is 0 Å². The standard InChI is InChI=1S/C17H14O4/c1-11(8-16(18)19)15(17(20)21)10-12-6-7-13-4-2-3-5-14(13)9-12/h2-10H,1H3,(H,18,19)(H,20,21)/b11-8+,15-10+. The summed E-state index contributed by atoms with van der Waals surface area (Å²) in [5.41, 5.74) is 0.875. The van der Waals surface area contributed by atoms with Crippen molar-refractivity contribution >= 4 is 28.8 Å². The fourth-order valence-corrected chi connectivity index (χ4v) is 2.07. The summed E-state index contributed by atoms with van der Waals surface area (Å²) in [6.45, 7) is 1.47. The van der Waals surface area contributed by atoms with E-state index in [1.54, 1.807) is 6.07 Å². The Balaban J connectivity index is 2.49. The Hall–Kier alpha value is -2.88. The summed E-state index contributed by atoms with van der Waals surface area (Å²) in [5, 5.41) is 20.0. The van der Waals surface area contributed by atoms with Crippen molar-refractivity contribution in [3.63, 3.8) is 0 Å². The number of fused-ring (bicyclic) bond motifs is 1. The van der Waals surface area contributed by atoms with Crippen molar-refractivity contribution < 1.29 is 19.8 Å². The lowest BCUT2D eigenvalue weighted by atomic mass is 10.0. The summed E-state index contributed by atoms with van der Waals surface area (Å²) in [5.74, 6) is -2.32. The number of benzene rings is 2. The lowest BCUT2D eigenvalue weighted by Crippen LogP contribution is -2.03. The van der Waals surface area contributed by atoms with E-state index in [1.807, 2.05) is 36.4 Å². The second kappa shape index (κ2) is 6.05. The second-order valence-electron chi connectivity index (χ2n) is 4.64. The van der Waals surface area contributed by atoms with Gasteiger partial charge in [0.25, 0.3) is 0 Å². The maximum Gasteiger partial charge on any atom is 0.335 e. The van der Waals surface area contributed by atoms with Crippen LogP contribution in [0.15, 0.2) is 59.7 Å². The zero-order chi connectivity index (χ0) is 15.4. The Morgan fingerprint density at radius 2 is 1.67 bits per heavy atom. The third-order valence-electron chi connectivity index (χ3n) is 3.08. The van der Waals surface area contributed by atoms with Crippen LogP contribution in [-0.4, -0.2) is 22.2 Å². The van der Waals surface area contributed by atoms with E-state index in [-0.39, 0.29) is 11.1 Å². The van der Waals surface area contributed by atoms with Crippen LogP contribution in [-0.2, 0) is 9.59 Å². The lowest BCUT2D eigenvalue weighted by Gasteiger charge is -2.04. The monoisotopic (exact) mass is 282 g/mol. The molecule has 21 heavy (non-hydrogen) atoms. The Labute approximate surface area is 121 Å². The van der Waals surface area contributed by atoms with E-state index < -0.39 is 11.9 Å². The van der Waals surface area contributed by atoms with E-state index in [2.05, 4.69) is 0 Å². The van der Waals surface area contributed by atoms with Gasteiger partial charge in [-0.3, -0.25) is 0 Å². The molecule has 0 saturated heterocycles. The van der Waals surface area contributed by atoms with Crippen molar-refractivity contribution in [1.29, 1.82) is 0 Å². The van der Waals surface area contributed by atoms with Gasteiger partial charge < -0.3 is 10.2 Å². The fraction of sp³-hybridized carbons (Fsp3) is 0.0588. The molecule has 0 unspecified atom stereocenters. The Kier molecular flexibility index (Phi) is 4.18. The molecule has 0 saturated carbocycles. The fourth-order valence-electron chi connectivity index (χ4n) is 2.07. The van der Waals surface area contributed by atoms with Gasteiger partial charge in [-0.05, 0) is 41.0 Å². The molecule has 0 amide bonds. The molecule has 2 rings (SSSR count). The zero-order valence-electron chi connectivity index (χ0n) is 11.4. The molecule has 4 heteroatoms. The van der Waals surface area contributed by atoms with Crippen molar-refractivity contribution in [2.75, 3.05) is 0 Å². The molecule has 2 aromatic rings. The summed E-state index contributed by atoms with van der Waals surface area (Å²) in [4.78, 5) is 22.0. The van der Waals surface area contributed by atoms with Crippen molar-refractivity contribution in [2.45, 2.75) is 6.92 Å². The molecule has 0 atom stereocenters. The molecule has 0 spiro atoms. The minimum Gasteiger partial charge on any atom is -0.478 e. The number of aliphatic carboxylic acids is 2. The molecule has 0 aliphatic carbocycles. The van der Waals surface area contributed by atoms with Crippen molar-refractivity contribution in [2.24, 2.45) is 0 Å². The molecule has 2 aromatic carbocycles. The molecule has 0 fully saturated rings. The molecule has 0 aliphatic rings. The van der Waals surface area contributed by atoms with Crippen LogP contribution in [0.5, 0.6) is 0 Å². The summed E-state index contributed by atoms with van der Waals surface area (Å²) in [7, 11) is 0. The number of hydrogen-bond acceptors (Lipinski definition) is 2.